The Morgan fingerprint density at radius 3 is 2.50 bits per heavy atom. The van der Waals surface area contributed by atoms with Gasteiger partial charge >= 0.3 is 0 Å². The third-order valence-corrected chi connectivity index (χ3v) is 3.05. The minimum Gasteiger partial charge on any atom is -0.389 e. The van der Waals surface area contributed by atoms with Gasteiger partial charge in [0.05, 0.1) is 12.2 Å². The topological polar surface area (TPSA) is 63.9 Å². The van der Waals surface area contributed by atoms with E-state index in [1.165, 1.54) is 0 Å². The van der Waals surface area contributed by atoms with E-state index < -0.39 is 12.2 Å². The van der Waals surface area contributed by atoms with E-state index in [0.29, 0.717) is 19.6 Å². The molecule has 2 atom stereocenters. The first-order valence-corrected chi connectivity index (χ1v) is 5.97. The Morgan fingerprint density at radius 2 is 1.83 bits per heavy atom. The van der Waals surface area contributed by atoms with Crippen molar-refractivity contribution in [3.05, 3.63) is 35.4 Å². The molecule has 0 aliphatic carbocycles. The van der Waals surface area contributed by atoms with Crippen LogP contribution in [0.4, 0.5) is 0 Å². The second-order valence-corrected chi connectivity index (χ2v) is 4.45. The molecule has 1 aromatic carbocycles. The lowest BCUT2D eigenvalue weighted by Crippen LogP contribution is -2.22. The Bertz CT molecular complexity index is 454. The molecule has 0 saturated carbocycles. The van der Waals surface area contributed by atoms with Crippen LogP contribution in [0.25, 0.3) is 0 Å². The molecule has 4 nitrogen and oxygen atoms in total. The van der Waals surface area contributed by atoms with Crippen LogP contribution >= 0.6 is 0 Å². The van der Waals surface area contributed by atoms with Gasteiger partial charge in [0.25, 0.3) is 0 Å². The molecule has 2 unspecified atom stereocenters. The lowest BCUT2D eigenvalue weighted by Gasteiger charge is -2.15. The summed E-state index contributed by atoms with van der Waals surface area (Å²) in [4.78, 5) is 1.99. The molecule has 1 saturated heterocycles. The summed E-state index contributed by atoms with van der Waals surface area (Å²) >= 11 is 0. The molecule has 96 valence electrons. The largest absolute Gasteiger partial charge is 0.389 e. The average molecular weight is 247 g/mol. The van der Waals surface area contributed by atoms with Crippen molar-refractivity contribution in [3.8, 4) is 11.8 Å². The van der Waals surface area contributed by atoms with Gasteiger partial charge in [0, 0.05) is 25.2 Å². The zero-order chi connectivity index (χ0) is 13.0. The molecule has 1 aliphatic heterocycles. The van der Waals surface area contributed by atoms with Gasteiger partial charge in [-0.25, -0.2) is 0 Å². The normalized spacial score (nSPS) is 23.7. The fourth-order valence-corrected chi connectivity index (χ4v) is 2.13. The molecule has 4 heteroatoms. The minimum absolute atomic E-state index is 0.157. The van der Waals surface area contributed by atoms with E-state index in [0.717, 1.165) is 11.1 Å². The summed E-state index contributed by atoms with van der Waals surface area (Å²) in [5.74, 6) is 5.54. The van der Waals surface area contributed by atoms with Crippen molar-refractivity contribution in [2.45, 2.75) is 18.8 Å². The third-order valence-electron chi connectivity index (χ3n) is 3.05. The van der Waals surface area contributed by atoms with Crippen molar-refractivity contribution >= 4 is 0 Å². The van der Waals surface area contributed by atoms with E-state index in [9.17, 15) is 10.2 Å². The van der Waals surface area contributed by atoms with E-state index in [2.05, 4.69) is 11.8 Å². The summed E-state index contributed by atoms with van der Waals surface area (Å²) in [6.45, 7) is 1.44. The van der Waals surface area contributed by atoms with Gasteiger partial charge in [0.2, 0.25) is 0 Å². The number of hydrogen-bond donors (Lipinski definition) is 3. The van der Waals surface area contributed by atoms with Crippen LogP contribution in [0.15, 0.2) is 24.3 Å². The zero-order valence-electron chi connectivity index (χ0n) is 10.1. The molecule has 0 aromatic heterocycles. The molecule has 2 rings (SSSR count). The fraction of sp³-hybridized carbons (Fsp3) is 0.429. The average Bonchev–Trinajstić information content (AvgIpc) is 2.67. The van der Waals surface area contributed by atoms with Gasteiger partial charge in [-0.2, -0.15) is 0 Å². The highest BCUT2D eigenvalue weighted by atomic mass is 16.3. The molecule has 1 heterocycles. The number of aliphatic hydroxyl groups is 3. The summed E-state index contributed by atoms with van der Waals surface area (Å²) in [5.41, 5.74) is 1.92. The highest BCUT2D eigenvalue weighted by Crippen LogP contribution is 2.16. The van der Waals surface area contributed by atoms with Crippen LogP contribution < -0.4 is 0 Å². The van der Waals surface area contributed by atoms with Gasteiger partial charge in [0.15, 0.2) is 0 Å². The smallest absolute Gasteiger partial charge is 0.104 e. The first kappa shape index (κ1) is 13.1. The molecule has 3 N–H and O–H groups in total. The first-order valence-electron chi connectivity index (χ1n) is 5.97. The molecule has 1 aliphatic rings. The van der Waals surface area contributed by atoms with Gasteiger partial charge < -0.3 is 15.3 Å². The lowest BCUT2D eigenvalue weighted by atomic mass is 10.1. The summed E-state index contributed by atoms with van der Waals surface area (Å²) in [6.07, 6.45) is -1.33. The van der Waals surface area contributed by atoms with Gasteiger partial charge in [-0.3, -0.25) is 4.90 Å². The predicted molar refractivity (Wildman–Crippen MR) is 67.7 cm³/mol. The number of aliphatic hydroxyl groups excluding tert-OH is 3. The summed E-state index contributed by atoms with van der Waals surface area (Å²) in [6, 6.07) is 7.71. The quantitative estimate of drug-likeness (QED) is 0.620. The molecule has 1 aromatic rings. The van der Waals surface area contributed by atoms with E-state index in [1.54, 1.807) is 0 Å². The number of β-amino-alcohol motifs (C(OH)–C–C–N with tert-alkyl or cyclic N) is 2. The standard InChI is InChI=1S/C14H17NO3/c16-7-3-6-11-4-1-2-5-12(11)8-15-9-13(17)14(18)10-15/h1-2,4-5,13-14,16-18H,7-10H2. The van der Waals surface area contributed by atoms with Crippen molar-refractivity contribution in [2.75, 3.05) is 19.7 Å². The Labute approximate surface area is 106 Å². The third kappa shape index (κ3) is 3.09. The van der Waals surface area contributed by atoms with E-state index in [4.69, 9.17) is 5.11 Å². The van der Waals surface area contributed by atoms with Gasteiger partial charge in [0.1, 0.15) is 6.61 Å². The SMILES string of the molecule is OCC#Cc1ccccc1CN1CC(O)C(O)C1. The van der Waals surface area contributed by atoms with Crippen molar-refractivity contribution in [2.24, 2.45) is 0 Å². The molecule has 0 radical (unpaired) electrons. The van der Waals surface area contributed by atoms with Crippen molar-refractivity contribution in [1.29, 1.82) is 0 Å². The Kier molecular flexibility index (Phi) is 4.34. The molecule has 0 bridgehead atoms. The molecule has 0 spiro atoms. The summed E-state index contributed by atoms with van der Waals surface area (Å²) in [7, 11) is 0. The molecule has 18 heavy (non-hydrogen) atoms. The van der Waals surface area contributed by atoms with E-state index in [-0.39, 0.29) is 6.61 Å². The van der Waals surface area contributed by atoms with Crippen molar-refractivity contribution in [1.82, 2.24) is 4.90 Å². The van der Waals surface area contributed by atoms with Crippen LogP contribution in [-0.2, 0) is 6.54 Å². The molecular weight excluding hydrogens is 230 g/mol. The monoisotopic (exact) mass is 247 g/mol. The number of nitrogens with zero attached hydrogens (tertiary/aromatic N) is 1. The number of hydrogen-bond acceptors (Lipinski definition) is 4. The van der Waals surface area contributed by atoms with Crippen molar-refractivity contribution < 1.29 is 15.3 Å². The Hall–Kier alpha value is -1.38. The number of rotatable bonds is 2. The second kappa shape index (κ2) is 5.98. The van der Waals surface area contributed by atoms with E-state index >= 15 is 0 Å². The predicted octanol–water partition coefficient (Wildman–Crippen LogP) is -0.432. The van der Waals surface area contributed by atoms with Gasteiger partial charge in [-0.1, -0.05) is 30.0 Å². The zero-order valence-corrected chi connectivity index (χ0v) is 10.1. The maximum Gasteiger partial charge on any atom is 0.104 e. The molecule has 1 fully saturated rings. The minimum atomic E-state index is -0.666. The van der Waals surface area contributed by atoms with Crippen LogP contribution in [0.3, 0.4) is 0 Å². The Balaban J connectivity index is 2.10. The van der Waals surface area contributed by atoms with Crippen molar-refractivity contribution in [3.63, 3.8) is 0 Å². The lowest BCUT2D eigenvalue weighted by molar-refractivity contribution is 0.0572. The molecule has 0 amide bonds. The summed E-state index contributed by atoms with van der Waals surface area (Å²) < 4.78 is 0. The van der Waals surface area contributed by atoms with E-state index in [1.807, 2.05) is 29.2 Å². The highest BCUT2D eigenvalue weighted by Gasteiger charge is 2.29. The van der Waals surface area contributed by atoms with Gasteiger partial charge in [-0.05, 0) is 11.6 Å². The van der Waals surface area contributed by atoms with Crippen LogP contribution in [0.5, 0.6) is 0 Å². The Morgan fingerprint density at radius 1 is 1.17 bits per heavy atom. The maximum atomic E-state index is 9.50. The first-order chi connectivity index (χ1) is 8.70. The van der Waals surface area contributed by atoms with Crippen LogP contribution in [0.2, 0.25) is 0 Å². The van der Waals surface area contributed by atoms with Crippen LogP contribution in [0.1, 0.15) is 11.1 Å². The second-order valence-electron chi connectivity index (χ2n) is 4.45. The van der Waals surface area contributed by atoms with Gasteiger partial charge in [-0.15, -0.1) is 0 Å². The maximum absolute atomic E-state index is 9.50. The molecular formula is C14H17NO3. The van der Waals surface area contributed by atoms with Crippen LogP contribution in [0, 0.1) is 11.8 Å². The number of benzene rings is 1. The highest BCUT2D eigenvalue weighted by molar-refractivity contribution is 5.41. The fourth-order valence-electron chi connectivity index (χ4n) is 2.13. The van der Waals surface area contributed by atoms with Crippen LogP contribution in [-0.4, -0.2) is 52.1 Å². The summed E-state index contributed by atoms with van der Waals surface area (Å²) in [5, 5.41) is 27.7. The number of likely N-dealkylation sites (tertiary alicyclic amines) is 1.